The Labute approximate surface area is 142 Å². The van der Waals surface area contributed by atoms with E-state index in [0.29, 0.717) is 16.7 Å². The normalized spacial score (nSPS) is 11.3. The Morgan fingerprint density at radius 3 is 2.22 bits per heavy atom. The van der Waals surface area contributed by atoms with Gasteiger partial charge in [-0.15, -0.1) is 0 Å². The van der Waals surface area contributed by atoms with E-state index >= 15 is 0 Å². The molecule has 0 radical (unpaired) electrons. The number of nitrogens with one attached hydrogen (secondary N) is 2. The van der Waals surface area contributed by atoms with Crippen LogP contribution in [0.25, 0.3) is 0 Å². The van der Waals surface area contributed by atoms with Gasteiger partial charge in [0.25, 0.3) is 0 Å². The van der Waals surface area contributed by atoms with Crippen molar-refractivity contribution in [3.05, 3.63) is 54.1 Å². The lowest BCUT2D eigenvalue weighted by atomic mass is 10.0. The minimum Gasteiger partial charge on any atom is -0.332 e. The fourth-order valence-electron chi connectivity index (χ4n) is 2.00. The zero-order valence-electron chi connectivity index (χ0n) is 12.9. The maximum Gasteiger partial charge on any atom is 0.238 e. The number of hydrogen-bond acceptors (Lipinski definition) is 3. The topological polar surface area (TPSA) is 84.2 Å². The van der Waals surface area contributed by atoms with Gasteiger partial charge >= 0.3 is 0 Å². The van der Waals surface area contributed by atoms with Gasteiger partial charge in [0.2, 0.25) is 10.0 Å². The van der Waals surface area contributed by atoms with Crippen LogP contribution in [0.2, 0.25) is 0 Å². The van der Waals surface area contributed by atoms with Gasteiger partial charge in [0.05, 0.1) is 4.90 Å². The first-order valence-corrected chi connectivity index (χ1v) is 9.02. The second-order valence-electron chi connectivity index (χ2n) is 5.43. The van der Waals surface area contributed by atoms with Crippen LogP contribution in [-0.2, 0) is 10.0 Å². The lowest BCUT2D eigenvalue weighted by Crippen LogP contribution is -2.19. The van der Waals surface area contributed by atoms with Gasteiger partial charge in [-0.1, -0.05) is 26.0 Å². The van der Waals surface area contributed by atoms with E-state index in [4.69, 9.17) is 17.4 Å². The highest BCUT2D eigenvalue weighted by atomic mass is 32.2. The predicted octanol–water partition coefficient (Wildman–Crippen LogP) is 3.27. The standard InChI is InChI=1S/C16H19N3O2S2/c1-11(2)12-4-3-5-14(10-12)19-16(22)18-13-6-8-15(9-7-13)23(17,20)21/h3-11H,1-2H3,(H2,17,20,21)(H2,18,19,22). The summed E-state index contributed by atoms with van der Waals surface area (Å²) in [6, 6.07) is 14.1. The number of hydrogen-bond donors (Lipinski definition) is 3. The Balaban J connectivity index is 2.04. The van der Waals surface area contributed by atoms with Gasteiger partial charge in [-0.05, 0) is 60.1 Å². The highest BCUT2D eigenvalue weighted by Gasteiger charge is 2.07. The predicted molar refractivity (Wildman–Crippen MR) is 98.2 cm³/mol. The number of rotatable bonds is 4. The van der Waals surface area contributed by atoms with Crippen molar-refractivity contribution in [2.45, 2.75) is 24.7 Å². The fourth-order valence-corrected chi connectivity index (χ4v) is 2.75. The average Bonchev–Trinajstić information content (AvgIpc) is 2.47. The average molecular weight is 349 g/mol. The summed E-state index contributed by atoms with van der Waals surface area (Å²) >= 11 is 5.27. The van der Waals surface area contributed by atoms with E-state index in [1.54, 1.807) is 12.1 Å². The zero-order valence-corrected chi connectivity index (χ0v) is 14.5. The highest BCUT2D eigenvalue weighted by molar-refractivity contribution is 7.89. The SMILES string of the molecule is CC(C)c1cccc(NC(=S)Nc2ccc(S(N)(=O)=O)cc2)c1. The highest BCUT2D eigenvalue weighted by Crippen LogP contribution is 2.19. The Kier molecular flexibility index (Phi) is 5.35. The smallest absolute Gasteiger partial charge is 0.238 e. The molecule has 0 atom stereocenters. The van der Waals surface area contributed by atoms with Crippen LogP contribution in [0.5, 0.6) is 0 Å². The van der Waals surface area contributed by atoms with Crippen molar-refractivity contribution in [3.8, 4) is 0 Å². The minimum absolute atomic E-state index is 0.0616. The molecule has 0 unspecified atom stereocenters. The van der Waals surface area contributed by atoms with Crippen molar-refractivity contribution < 1.29 is 8.42 Å². The lowest BCUT2D eigenvalue weighted by Gasteiger charge is -2.13. The first-order chi connectivity index (χ1) is 10.8. The summed E-state index contributed by atoms with van der Waals surface area (Å²) in [5.74, 6) is 0.434. The lowest BCUT2D eigenvalue weighted by molar-refractivity contribution is 0.598. The zero-order chi connectivity index (χ0) is 17.0. The summed E-state index contributed by atoms with van der Waals surface area (Å²) in [6.45, 7) is 4.26. The van der Waals surface area contributed by atoms with E-state index in [-0.39, 0.29) is 4.90 Å². The largest absolute Gasteiger partial charge is 0.332 e. The second-order valence-corrected chi connectivity index (χ2v) is 7.40. The summed E-state index contributed by atoms with van der Waals surface area (Å²) in [7, 11) is -3.69. The summed E-state index contributed by atoms with van der Waals surface area (Å²) in [4.78, 5) is 0.0616. The maximum absolute atomic E-state index is 11.2. The Morgan fingerprint density at radius 1 is 1.04 bits per heavy atom. The van der Waals surface area contributed by atoms with Gasteiger partial charge in [0, 0.05) is 11.4 Å². The number of benzene rings is 2. The molecule has 0 amide bonds. The summed E-state index contributed by atoms with van der Waals surface area (Å²) in [5.41, 5.74) is 2.79. The molecule has 7 heteroatoms. The molecular formula is C16H19N3O2S2. The molecule has 0 aromatic heterocycles. The van der Waals surface area contributed by atoms with Crippen molar-refractivity contribution in [2.24, 2.45) is 5.14 Å². The van der Waals surface area contributed by atoms with Crippen LogP contribution >= 0.6 is 12.2 Å². The number of anilines is 2. The molecule has 5 nitrogen and oxygen atoms in total. The molecule has 0 aliphatic rings. The molecule has 0 aliphatic heterocycles. The molecule has 0 heterocycles. The van der Waals surface area contributed by atoms with Crippen LogP contribution in [0.1, 0.15) is 25.3 Å². The first-order valence-electron chi connectivity index (χ1n) is 7.06. The molecule has 122 valence electrons. The molecule has 0 fully saturated rings. The quantitative estimate of drug-likeness (QED) is 0.738. The van der Waals surface area contributed by atoms with Crippen molar-refractivity contribution in [1.82, 2.24) is 0 Å². The summed E-state index contributed by atoms with van der Waals surface area (Å²) < 4.78 is 22.4. The molecule has 2 aromatic rings. The van der Waals surface area contributed by atoms with Gasteiger partial charge in [-0.3, -0.25) is 0 Å². The van der Waals surface area contributed by atoms with Crippen LogP contribution in [0.4, 0.5) is 11.4 Å². The van der Waals surface area contributed by atoms with E-state index in [1.807, 2.05) is 18.2 Å². The Morgan fingerprint density at radius 2 is 1.65 bits per heavy atom. The van der Waals surface area contributed by atoms with Gasteiger partial charge in [-0.2, -0.15) is 0 Å². The van der Waals surface area contributed by atoms with Crippen molar-refractivity contribution in [1.29, 1.82) is 0 Å². The third-order valence-electron chi connectivity index (χ3n) is 3.25. The van der Waals surface area contributed by atoms with E-state index in [0.717, 1.165) is 5.69 Å². The molecule has 2 aromatic carbocycles. The van der Waals surface area contributed by atoms with Crippen molar-refractivity contribution in [2.75, 3.05) is 10.6 Å². The van der Waals surface area contributed by atoms with Crippen LogP contribution in [-0.4, -0.2) is 13.5 Å². The van der Waals surface area contributed by atoms with Crippen LogP contribution in [0, 0.1) is 0 Å². The van der Waals surface area contributed by atoms with Gasteiger partial charge in [-0.25, -0.2) is 13.6 Å². The van der Waals surface area contributed by atoms with E-state index in [1.165, 1.54) is 17.7 Å². The van der Waals surface area contributed by atoms with Crippen LogP contribution in [0.15, 0.2) is 53.4 Å². The van der Waals surface area contributed by atoms with Crippen LogP contribution < -0.4 is 15.8 Å². The molecule has 2 rings (SSSR count). The molecule has 0 saturated carbocycles. The van der Waals surface area contributed by atoms with Crippen molar-refractivity contribution in [3.63, 3.8) is 0 Å². The molecule has 23 heavy (non-hydrogen) atoms. The molecule has 4 N–H and O–H groups in total. The Hall–Kier alpha value is -1.96. The summed E-state index contributed by atoms with van der Waals surface area (Å²) in [5, 5.41) is 11.6. The molecule has 0 saturated heterocycles. The molecule has 0 spiro atoms. The van der Waals surface area contributed by atoms with Crippen LogP contribution in [0.3, 0.4) is 0 Å². The van der Waals surface area contributed by atoms with E-state index in [9.17, 15) is 8.42 Å². The van der Waals surface area contributed by atoms with Gasteiger partial charge in [0.15, 0.2) is 5.11 Å². The fraction of sp³-hybridized carbons (Fsp3) is 0.188. The van der Waals surface area contributed by atoms with E-state index in [2.05, 4.69) is 30.5 Å². The molecule has 0 bridgehead atoms. The minimum atomic E-state index is -3.69. The molecular weight excluding hydrogens is 330 g/mol. The second kappa shape index (κ2) is 7.08. The monoisotopic (exact) mass is 349 g/mol. The summed E-state index contributed by atoms with van der Waals surface area (Å²) in [6.07, 6.45) is 0. The number of primary sulfonamides is 1. The molecule has 0 aliphatic carbocycles. The Bertz CT molecular complexity index is 800. The van der Waals surface area contributed by atoms with Gasteiger partial charge < -0.3 is 10.6 Å². The maximum atomic E-state index is 11.2. The third kappa shape index (κ3) is 5.02. The van der Waals surface area contributed by atoms with E-state index < -0.39 is 10.0 Å². The number of sulfonamides is 1. The first kappa shape index (κ1) is 17.4. The number of nitrogens with two attached hydrogens (primary N) is 1. The van der Waals surface area contributed by atoms with Crippen molar-refractivity contribution >= 4 is 38.7 Å². The number of thiocarbonyl (C=S) groups is 1. The third-order valence-corrected chi connectivity index (χ3v) is 4.39. The van der Waals surface area contributed by atoms with Gasteiger partial charge in [0.1, 0.15) is 0 Å².